The molecule has 2 aromatic carbocycles. The fourth-order valence-electron chi connectivity index (χ4n) is 2.91. The monoisotopic (exact) mass is 381 g/mol. The van der Waals surface area contributed by atoms with Crippen LogP contribution in [0.25, 0.3) is 5.69 Å². The highest BCUT2D eigenvalue weighted by Crippen LogP contribution is 2.27. The first-order valence-electron chi connectivity index (χ1n) is 8.74. The Balaban J connectivity index is 1.52. The molecule has 0 N–H and O–H groups in total. The Bertz CT molecular complexity index is 909. The second kappa shape index (κ2) is 8.32. The molecule has 0 aliphatic carbocycles. The first-order chi connectivity index (χ1) is 13.3. The number of carbonyl (C=O) groups is 1. The number of amides is 1. The molecular weight excluding hydrogens is 362 g/mol. The van der Waals surface area contributed by atoms with Gasteiger partial charge in [0.2, 0.25) is 0 Å². The molecule has 3 aromatic rings. The smallest absolute Gasteiger partial charge is 0.255 e. The number of para-hydroxylation sites is 1. The second-order valence-corrected chi connectivity index (χ2v) is 7.05. The third-order valence-corrected chi connectivity index (χ3v) is 5.38. The highest BCUT2D eigenvalue weighted by atomic mass is 32.2. The number of carbonyl (C=O) groups excluding carboxylic acids is 1. The summed E-state index contributed by atoms with van der Waals surface area (Å²) in [6, 6.07) is 17.4. The number of ether oxygens (including phenoxy) is 1. The molecule has 1 aromatic heterocycles. The van der Waals surface area contributed by atoms with Crippen molar-refractivity contribution >= 4 is 17.7 Å². The van der Waals surface area contributed by atoms with E-state index in [1.807, 2.05) is 59.5 Å². The van der Waals surface area contributed by atoms with Crippen LogP contribution in [-0.4, -0.2) is 57.3 Å². The first-order valence-corrected chi connectivity index (χ1v) is 9.73. The quantitative estimate of drug-likeness (QED) is 0.632. The molecule has 1 aliphatic rings. The van der Waals surface area contributed by atoms with Gasteiger partial charge in [0.25, 0.3) is 5.91 Å². The van der Waals surface area contributed by atoms with Crippen LogP contribution in [0.5, 0.6) is 0 Å². The Hall–Kier alpha value is -2.71. The van der Waals surface area contributed by atoms with Gasteiger partial charge in [-0.05, 0) is 34.7 Å². The predicted octanol–water partition coefficient (Wildman–Crippen LogP) is 2.43. The molecule has 1 fully saturated rings. The van der Waals surface area contributed by atoms with Crippen LogP contribution in [0, 0.1) is 0 Å². The van der Waals surface area contributed by atoms with Crippen molar-refractivity contribution in [1.29, 1.82) is 0 Å². The Morgan fingerprint density at radius 3 is 2.59 bits per heavy atom. The lowest BCUT2D eigenvalue weighted by Gasteiger charge is -2.27. The predicted molar refractivity (Wildman–Crippen MR) is 102 cm³/mol. The SMILES string of the molecule is O=C(c1ccccc1SCc1nnnn1-c1ccccc1)N1CCOCC1. The van der Waals surface area contributed by atoms with Gasteiger partial charge >= 0.3 is 0 Å². The maximum absolute atomic E-state index is 12.9. The molecule has 27 heavy (non-hydrogen) atoms. The average molecular weight is 381 g/mol. The van der Waals surface area contributed by atoms with E-state index in [1.54, 1.807) is 16.4 Å². The van der Waals surface area contributed by atoms with Crippen LogP contribution in [0.4, 0.5) is 0 Å². The first kappa shape index (κ1) is 17.7. The number of morpholine rings is 1. The van der Waals surface area contributed by atoms with E-state index in [-0.39, 0.29) is 5.91 Å². The van der Waals surface area contributed by atoms with E-state index < -0.39 is 0 Å². The highest BCUT2D eigenvalue weighted by Gasteiger charge is 2.21. The third kappa shape index (κ3) is 4.01. The summed E-state index contributed by atoms with van der Waals surface area (Å²) in [7, 11) is 0. The lowest BCUT2D eigenvalue weighted by Crippen LogP contribution is -2.40. The number of hydrogen-bond donors (Lipinski definition) is 0. The van der Waals surface area contributed by atoms with Crippen LogP contribution >= 0.6 is 11.8 Å². The minimum absolute atomic E-state index is 0.0454. The van der Waals surface area contributed by atoms with Crippen molar-refractivity contribution in [2.45, 2.75) is 10.6 Å². The molecule has 0 bridgehead atoms. The van der Waals surface area contributed by atoms with Crippen molar-refractivity contribution in [3.05, 3.63) is 66.0 Å². The van der Waals surface area contributed by atoms with E-state index in [2.05, 4.69) is 15.5 Å². The average Bonchev–Trinajstić information content (AvgIpc) is 3.22. The van der Waals surface area contributed by atoms with Gasteiger partial charge < -0.3 is 9.64 Å². The standard InChI is InChI=1S/C19H19N5O2S/c25-19(23-10-12-26-13-11-23)16-8-4-5-9-17(16)27-14-18-20-21-22-24(18)15-6-2-1-3-7-15/h1-9H,10-14H2. The third-order valence-electron chi connectivity index (χ3n) is 4.31. The summed E-state index contributed by atoms with van der Waals surface area (Å²) in [6.07, 6.45) is 0. The van der Waals surface area contributed by atoms with Crippen LogP contribution in [0.1, 0.15) is 16.2 Å². The van der Waals surface area contributed by atoms with Crippen LogP contribution in [-0.2, 0) is 10.5 Å². The molecule has 0 saturated carbocycles. The fraction of sp³-hybridized carbons (Fsp3) is 0.263. The summed E-state index contributed by atoms with van der Waals surface area (Å²) in [6.45, 7) is 2.44. The van der Waals surface area contributed by atoms with Gasteiger partial charge in [0.05, 0.1) is 30.2 Å². The zero-order valence-corrected chi connectivity index (χ0v) is 15.5. The van der Waals surface area contributed by atoms with Gasteiger partial charge in [0, 0.05) is 18.0 Å². The summed E-state index contributed by atoms with van der Waals surface area (Å²) in [5, 5.41) is 12.0. The Morgan fingerprint density at radius 2 is 1.78 bits per heavy atom. The maximum Gasteiger partial charge on any atom is 0.255 e. The van der Waals surface area contributed by atoms with Crippen molar-refractivity contribution in [2.24, 2.45) is 0 Å². The molecule has 138 valence electrons. The van der Waals surface area contributed by atoms with Crippen LogP contribution in [0.2, 0.25) is 0 Å². The molecule has 4 rings (SSSR count). The number of rotatable bonds is 5. The topological polar surface area (TPSA) is 73.1 Å². The van der Waals surface area contributed by atoms with E-state index in [4.69, 9.17) is 4.74 Å². The van der Waals surface area contributed by atoms with Gasteiger partial charge in [-0.3, -0.25) is 4.79 Å². The minimum atomic E-state index is 0.0454. The summed E-state index contributed by atoms with van der Waals surface area (Å²) >= 11 is 1.56. The van der Waals surface area contributed by atoms with Crippen LogP contribution < -0.4 is 0 Å². The van der Waals surface area contributed by atoms with Gasteiger partial charge in [-0.2, -0.15) is 4.68 Å². The van der Waals surface area contributed by atoms with Gasteiger partial charge in [-0.15, -0.1) is 16.9 Å². The molecule has 7 nitrogen and oxygen atoms in total. The van der Waals surface area contributed by atoms with Gasteiger partial charge in [0.15, 0.2) is 5.82 Å². The molecule has 1 saturated heterocycles. The van der Waals surface area contributed by atoms with E-state index in [0.29, 0.717) is 37.6 Å². The van der Waals surface area contributed by atoms with Gasteiger partial charge in [0.1, 0.15) is 0 Å². The Kier molecular flexibility index (Phi) is 5.45. The van der Waals surface area contributed by atoms with E-state index in [9.17, 15) is 4.79 Å². The summed E-state index contributed by atoms with van der Waals surface area (Å²) in [4.78, 5) is 15.7. The Labute approximate surface area is 161 Å². The number of tetrazole rings is 1. The lowest BCUT2D eigenvalue weighted by atomic mass is 10.2. The normalized spacial score (nSPS) is 14.3. The second-order valence-electron chi connectivity index (χ2n) is 6.03. The van der Waals surface area contributed by atoms with E-state index >= 15 is 0 Å². The van der Waals surface area contributed by atoms with Crippen LogP contribution in [0.3, 0.4) is 0 Å². The lowest BCUT2D eigenvalue weighted by molar-refractivity contribution is 0.0300. The van der Waals surface area contributed by atoms with E-state index in [1.165, 1.54) is 0 Å². The molecular formula is C19H19N5O2S. The van der Waals surface area contributed by atoms with Gasteiger partial charge in [-0.1, -0.05) is 30.3 Å². The van der Waals surface area contributed by atoms with Crippen molar-refractivity contribution in [3.63, 3.8) is 0 Å². The number of benzene rings is 2. The maximum atomic E-state index is 12.9. The summed E-state index contributed by atoms with van der Waals surface area (Å²) in [5.41, 5.74) is 1.62. The molecule has 2 heterocycles. The summed E-state index contributed by atoms with van der Waals surface area (Å²) < 4.78 is 7.07. The molecule has 8 heteroatoms. The fourth-order valence-corrected chi connectivity index (χ4v) is 3.86. The zero-order valence-electron chi connectivity index (χ0n) is 14.7. The molecule has 0 radical (unpaired) electrons. The minimum Gasteiger partial charge on any atom is -0.378 e. The molecule has 0 atom stereocenters. The van der Waals surface area contributed by atoms with Crippen molar-refractivity contribution in [2.75, 3.05) is 26.3 Å². The van der Waals surface area contributed by atoms with Crippen molar-refractivity contribution < 1.29 is 9.53 Å². The van der Waals surface area contributed by atoms with Gasteiger partial charge in [-0.25, -0.2) is 0 Å². The largest absolute Gasteiger partial charge is 0.378 e. The van der Waals surface area contributed by atoms with E-state index in [0.717, 1.165) is 16.4 Å². The number of hydrogen-bond acceptors (Lipinski definition) is 6. The molecule has 0 unspecified atom stereocenters. The van der Waals surface area contributed by atoms with Crippen molar-refractivity contribution in [3.8, 4) is 5.69 Å². The number of thioether (sulfide) groups is 1. The Morgan fingerprint density at radius 1 is 1.04 bits per heavy atom. The zero-order chi connectivity index (χ0) is 18.5. The number of nitrogens with zero attached hydrogens (tertiary/aromatic N) is 5. The molecule has 1 amide bonds. The molecule has 1 aliphatic heterocycles. The van der Waals surface area contributed by atoms with Crippen LogP contribution in [0.15, 0.2) is 59.5 Å². The molecule has 0 spiro atoms. The van der Waals surface area contributed by atoms with Crippen molar-refractivity contribution in [1.82, 2.24) is 25.1 Å². The highest BCUT2D eigenvalue weighted by molar-refractivity contribution is 7.98. The summed E-state index contributed by atoms with van der Waals surface area (Å²) in [5.74, 6) is 1.35. The number of aromatic nitrogens is 4.